The molecule has 0 amide bonds. The summed E-state index contributed by atoms with van der Waals surface area (Å²) in [5.41, 5.74) is 2.06. The predicted molar refractivity (Wildman–Crippen MR) is 78.1 cm³/mol. The summed E-state index contributed by atoms with van der Waals surface area (Å²) < 4.78 is 0.965. The fourth-order valence-corrected chi connectivity index (χ4v) is 2.04. The Kier molecular flexibility index (Phi) is 4.53. The van der Waals surface area contributed by atoms with E-state index in [1.807, 2.05) is 48.7 Å². The number of phenols is 1. The van der Waals surface area contributed by atoms with Gasteiger partial charge < -0.3 is 5.11 Å². The van der Waals surface area contributed by atoms with Crippen LogP contribution >= 0.6 is 15.9 Å². The van der Waals surface area contributed by atoms with E-state index >= 15 is 0 Å². The molecule has 0 saturated heterocycles. The number of aliphatic imine (C=N–C) groups is 1. The van der Waals surface area contributed by atoms with Gasteiger partial charge in [-0.25, -0.2) is 0 Å². The van der Waals surface area contributed by atoms with Gasteiger partial charge in [0, 0.05) is 22.7 Å². The van der Waals surface area contributed by atoms with Gasteiger partial charge in [0.15, 0.2) is 0 Å². The lowest BCUT2D eigenvalue weighted by atomic mass is 10.1. The zero-order valence-corrected chi connectivity index (χ0v) is 11.5. The van der Waals surface area contributed by atoms with Crippen molar-refractivity contribution in [3.8, 4) is 5.75 Å². The molecule has 0 saturated carbocycles. The summed E-state index contributed by atoms with van der Waals surface area (Å²) in [6, 6.07) is 15.5. The van der Waals surface area contributed by atoms with Crippen molar-refractivity contribution in [3.63, 3.8) is 0 Å². The number of rotatable bonds is 4. The van der Waals surface area contributed by atoms with E-state index < -0.39 is 0 Å². The third-order valence-corrected chi connectivity index (χ3v) is 3.09. The van der Waals surface area contributed by atoms with E-state index in [1.54, 1.807) is 6.07 Å². The molecule has 0 unspecified atom stereocenters. The predicted octanol–water partition coefficient (Wildman–Crippen LogP) is 3.97. The summed E-state index contributed by atoms with van der Waals surface area (Å²) in [5.74, 6) is 0.310. The van der Waals surface area contributed by atoms with E-state index in [0.29, 0.717) is 18.7 Å². The van der Waals surface area contributed by atoms with E-state index in [1.165, 1.54) is 5.56 Å². The molecule has 1 N–H and O–H groups in total. The van der Waals surface area contributed by atoms with E-state index in [0.717, 1.165) is 10.0 Å². The van der Waals surface area contributed by atoms with Gasteiger partial charge in [-0.3, -0.25) is 4.99 Å². The molecule has 2 aromatic carbocycles. The Morgan fingerprint density at radius 1 is 1.11 bits per heavy atom. The Balaban J connectivity index is 1.93. The Morgan fingerprint density at radius 3 is 2.67 bits per heavy atom. The molecule has 0 heterocycles. The SMILES string of the molecule is Oc1ccc(Br)cc1C/C=N\Cc1ccccc1. The second kappa shape index (κ2) is 6.36. The highest BCUT2D eigenvalue weighted by molar-refractivity contribution is 9.10. The molecule has 0 aliphatic carbocycles. The number of halogens is 1. The molecular weight excluding hydrogens is 290 g/mol. The average molecular weight is 304 g/mol. The summed E-state index contributed by atoms with van der Waals surface area (Å²) in [4.78, 5) is 4.36. The zero-order valence-electron chi connectivity index (χ0n) is 9.88. The molecule has 0 radical (unpaired) electrons. The summed E-state index contributed by atoms with van der Waals surface area (Å²) in [6.45, 7) is 0.676. The van der Waals surface area contributed by atoms with Crippen LogP contribution in [0, 0.1) is 0 Å². The number of hydrogen-bond donors (Lipinski definition) is 1. The summed E-state index contributed by atoms with van der Waals surface area (Å²) in [5, 5.41) is 9.67. The molecule has 0 aliphatic rings. The van der Waals surface area contributed by atoms with Crippen LogP contribution in [0.25, 0.3) is 0 Å². The highest BCUT2D eigenvalue weighted by Gasteiger charge is 1.99. The average Bonchev–Trinajstić information content (AvgIpc) is 2.40. The Hall–Kier alpha value is -1.61. The van der Waals surface area contributed by atoms with Crippen LogP contribution in [0.15, 0.2) is 58.0 Å². The number of phenolic OH excluding ortho intramolecular Hbond substituents is 1. The van der Waals surface area contributed by atoms with Gasteiger partial charge in [0.2, 0.25) is 0 Å². The van der Waals surface area contributed by atoms with Crippen molar-refractivity contribution in [2.45, 2.75) is 13.0 Å². The maximum Gasteiger partial charge on any atom is 0.119 e. The molecule has 2 aromatic rings. The van der Waals surface area contributed by atoms with E-state index in [9.17, 15) is 5.11 Å². The van der Waals surface area contributed by atoms with Gasteiger partial charge in [-0.1, -0.05) is 46.3 Å². The van der Waals surface area contributed by atoms with Gasteiger partial charge in [-0.05, 0) is 23.8 Å². The maximum absolute atomic E-state index is 9.67. The van der Waals surface area contributed by atoms with Crippen molar-refractivity contribution in [2.24, 2.45) is 4.99 Å². The van der Waals surface area contributed by atoms with Crippen LogP contribution < -0.4 is 0 Å². The maximum atomic E-state index is 9.67. The third-order valence-electron chi connectivity index (χ3n) is 2.60. The van der Waals surface area contributed by atoms with E-state index in [4.69, 9.17) is 0 Å². The molecular formula is C15H14BrNO. The first-order valence-corrected chi connectivity index (χ1v) is 6.54. The smallest absolute Gasteiger partial charge is 0.119 e. The standard InChI is InChI=1S/C15H14BrNO/c16-14-6-7-15(18)13(10-14)8-9-17-11-12-4-2-1-3-5-12/h1-7,9-10,18H,8,11H2/b17-9-. The molecule has 0 atom stereocenters. The van der Waals surface area contributed by atoms with Crippen LogP contribution in [-0.4, -0.2) is 11.3 Å². The minimum atomic E-state index is 0.310. The molecule has 0 aliphatic heterocycles. The fourth-order valence-electron chi connectivity index (χ4n) is 1.63. The van der Waals surface area contributed by atoms with Gasteiger partial charge in [0.05, 0.1) is 6.54 Å². The van der Waals surface area contributed by atoms with Gasteiger partial charge in [0.1, 0.15) is 5.75 Å². The molecule has 2 nitrogen and oxygen atoms in total. The number of benzene rings is 2. The fraction of sp³-hybridized carbons (Fsp3) is 0.133. The molecule has 0 spiro atoms. The van der Waals surface area contributed by atoms with Crippen molar-refractivity contribution < 1.29 is 5.11 Å². The first kappa shape index (κ1) is 12.8. The molecule has 92 valence electrons. The minimum absolute atomic E-state index is 0.310. The molecule has 0 fully saturated rings. The van der Waals surface area contributed by atoms with Crippen LogP contribution in [0.3, 0.4) is 0 Å². The van der Waals surface area contributed by atoms with Crippen molar-refractivity contribution >= 4 is 22.1 Å². The summed E-state index contributed by atoms with van der Waals surface area (Å²) in [6.07, 6.45) is 2.48. The van der Waals surface area contributed by atoms with Crippen LogP contribution in [0.5, 0.6) is 5.75 Å². The first-order chi connectivity index (χ1) is 8.75. The second-order valence-corrected chi connectivity index (χ2v) is 4.90. The largest absolute Gasteiger partial charge is 0.508 e. The van der Waals surface area contributed by atoms with Crippen molar-refractivity contribution in [3.05, 3.63) is 64.1 Å². The lowest BCUT2D eigenvalue weighted by Crippen LogP contribution is -1.89. The van der Waals surface area contributed by atoms with Crippen molar-refractivity contribution in [1.29, 1.82) is 0 Å². The normalized spacial score (nSPS) is 10.9. The highest BCUT2D eigenvalue weighted by Crippen LogP contribution is 2.21. The Bertz CT molecular complexity index is 537. The van der Waals surface area contributed by atoms with Gasteiger partial charge in [-0.2, -0.15) is 0 Å². The van der Waals surface area contributed by atoms with Crippen LogP contribution in [0.4, 0.5) is 0 Å². The molecule has 0 aromatic heterocycles. The van der Waals surface area contributed by atoms with Crippen molar-refractivity contribution in [1.82, 2.24) is 0 Å². The molecule has 3 heteroatoms. The van der Waals surface area contributed by atoms with Gasteiger partial charge >= 0.3 is 0 Å². The number of nitrogens with zero attached hydrogens (tertiary/aromatic N) is 1. The van der Waals surface area contributed by atoms with Crippen molar-refractivity contribution in [2.75, 3.05) is 0 Å². The highest BCUT2D eigenvalue weighted by atomic mass is 79.9. The topological polar surface area (TPSA) is 32.6 Å². The van der Waals surface area contributed by atoms with E-state index in [-0.39, 0.29) is 0 Å². The molecule has 18 heavy (non-hydrogen) atoms. The molecule has 2 rings (SSSR count). The van der Waals surface area contributed by atoms with Crippen LogP contribution in [0.1, 0.15) is 11.1 Å². The molecule has 0 bridgehead atoms. The van der Waals surface area contributed by atoms with E-state index in [2.05, 4.69) is 20.9 Å². The summed E-state index contributed by atoms with van der Waals surface area (Å²) >= 11 is 3.39. The van der Waals surface area contributed by atoms with Crippen LogP contribution in [-0.2, 0) is 13.0 Å². The lowest BCUT2D eigenvalue weighted by molar-refractivity contribution is 0.470. The number of hydrogen-bond acceptors (Lipinski definition) is 2. The lowest BCUT2D eigenvalue weighted by Gasteiger charge is -2.01. The Morgan fingerprint density at radius 2 is 1.89 bits per heavy atom. The Labute approximate surface area is 115 Å². The van der Waals surface area contributed by atoms with Crippen LogP contribution in [0.2, 0.25) is 0 Å². The monoisotopic (exact) mass is 303 g/mol. The number of aromatic hydroxyl groups is 1. The zero-order chi connectivity index (χ0) is 12.8. The van der Waals surface area contributed by atoms with Gasteiger partial charge in [0.25, 0.3) is 0 Å². The summed E-state index contributed by atoms with van der Waals surface area (Å²) in [7, 11) is 0. The quantitative estimate of drug-likeness (QED) is 0.852. The third kappa shape index (κ3) is 3.70. The van der Waals surface area contributed by atoms with Gasteiger partial charge in [-0.15, -0.1) is 0 Å². The first-order valence-electron chi connectivity index (χ1n) is 5.75. The minimum Gasteiger partial charge on any atom is -0.508 e. The second-order valence-electron chi connectivity index (χ2n) is 3.99.